The van der Waals surface area contributed by atoms with Gasteiger partial charge in [-0.25, -0.2) is 4.39 Å². The van der Waals surface area contributed by atoms with Crippen LogP contribution in [0, 0.1) is 5.82 Å². The highest BCUT2D eigenvalue weighted by atomic mass is 19.1. The van der Waals surface area contributed by atoms with E-state index in [9.17, 15) is 4.39 Å². The standard InChI is InChI=1S/C15H15FN2O/c16-14-8-4-7-13(9-14)11-19-18-15(17)10-12-5-2-1-3-6-12/h1-9H,10-11H2,(H2,17,18). The minimum Gasteiger partial charge on any atom is -0.390 e. The predicted molar refractivity (Wildman–Crippen MR) is 73.0 cm³/mol. The maximum absolute atomic E-state index is 12.9. The molecule has 0 fully saturated rings. The number of amidine groups is 1. The largest absolute Gasteiger partial charge is 0.390 e. The third kappa shape index (κ3) is 4.43. The summed E-state index contributed by atoms with van der Waals surface area (Å²) < 4.78 is 12.9. The highest BCUT2D eigenvalue weighted by Gasteiger charge is 1.98. The molecule has 0 aromatic heterocycles. The Morgan fingerprint density at radius 1 is 1.05 bits per heavy atom. The zero-order valence-electron chi connectivity index (χ0n) is 10.4. The number of halogens is 1. The van der Waals surface area contributed by atoms with E-state index in [4.69, 9.17) is 10.6 Å². The summed E-state index contributed by atoms with van der Waals surface area (Å²) in [5.41, 5.74) is 7.54. The molecule has 0 bridgehead atoms. The average Bonchev–Trinajstić information content (AvgIpc) is 2.40. The number of rotatable bonds is 5. The zero-order valence-corrected chi connectivity index (χ0v) is 10.4. The summed E-state index contributed by atoms with van der Waals surface area (Å²) in [7, 11) is 0. The van der Waals surface area contributed by atoms with E-state index in [1.54, 1.807) is 12.1 Å². The first kappa shape index (κ1) is 13.1. The van der Waals surface area contributed by atoms with Gasteiger partial charge < -0.3 is 10.6 Å². The Hall–Kier alpha value is -2.36. The summed E-state index contributed by atoms with van der Waals surface area (Å²) in [5.74, 6) is 0.102. The topological polar surface area (TPSA) is 47.6 Å². The van der Waals surface area contributed by atoms with Crippen LogP contribution in [-0.4, -0.2) is 5.84 Å². The van der Waals surface area contributed by atoms with Gasteiger partial charge in [-0.05, 0) is 23.3 Å². The monoisotopic (exact) mass is 258 g/mol. The Labute approximate surface area is 111 Å². The quantitative estimate of drug-likeness (QED) is 0.509. The Bertz CT molecular complexity index is 555. The molecule has 0 saturated heterocycles. The normalized spacial score (nSPS) is 11.3. The van der Waals surface area contributed by atoms with Crippen molar-refractivity contribution < 1.29 is 9.23 Å². The number of hydrogen-bond acceptors (Lipinski definition) is 2. The number of benzene rings is 2. The minimum absolute atomic E-state index is 0.202. The summed E-state index contributed by atoms with van der Waals surface area (Å²) in [6.45, 7) is 0.202. The Morgan fingerprint density at radius 2 is 1.79 bits per heavy atom. The molecule has 0 unspecified atom stereocenters. The Balaban J connectivity index is 1.85. The van der Waals surface area contributed by atoms with Gasteiger partial charge in [0, 0.05) is 6.42 Å². The van der Waals surface area contributed by atoms with Gasteiger partial charge in [-0.1, -0.05) is 47.6 Å². The van der Waals surface area contributed by atoms with Crippen molar-refractivity contribution >= 4 is 5.84 Å². The maximum atomic E-state index is 12.9. The van der Waals surface area contributed by atoms with Crippen LogP contribution in [0.15, 0.2) is 59.8 Å². The molecule has 3 nitrogen and oxygen atoms in total. The molecule has 0 spiro atoms. The van der Waals surface area contributed by atoms with Gasteiger partial charge in [0.1, 0.15) is 18.3 Å². The molecular weight excluding hydrogens is 243 g/mol. The molecule has 0 aliphatic heterocycles. The van der Waals surface area contributed by atoms with Crippen LogP contribution in [-0.2, 0) is 17.9 Å². The molecular formula is C15H15FN2O. The van der Waals surface area contributed by atoms with E-state index in [-0.39, 0.29) is 12.4 Å². The van der Waals surface area contributed by atoms with Crippen molar-refractivity contribution in [2.45, 2.75) is 13.0 Å². The van der Waals surface area contributed by atoms with E-state index in [1.165, 1.54) is 12.1 Å². The molecule has 2 aromatic rings. The second-order valence-electron chi connectivity index (χ2n) is 4.15. The lowest BCUT2D eigenvalue weighted by atomic mass is 10.1. The lowest BCUT2D eigenvalue weighted by Crippen LogP contribution is -2.15. The molecule has 0 radical (unpaired) electrons. The molecule has 0 aliphatic rings. The Kier molecular flexibility index (Phi) is 4.50. The van der Waals surface area contributed by atoms with Crippen LogP contribution in [0.3, 0.4) is 0 Å². The summed E-state index contributed by atoms with van der Waals surface area (Å²) in [4.78, 5) is 5.10. The van der Waals surface area contributed by atoms with E-state index < -0.39 is 0 Å². The van der Waals surface area contributed by atoms with E-state index in [0.29, 0.717) is 12.3 Å². The highest BCUT2D eigenvalue weighted by molar-refractivity contribution is 5.82. The summed E-state index contributed by atoms with van der Waals surface area (Å²) >= 11 is 0. The molecule has 2 aromatic carbocycles. The van der Waals surface area contributed by atoms with Gasteiger partial charge in [-0.3, -0.25) is 0 Å². The lowest BCUT2D eigenvalue weighted by molar-refractivity contribution is 0.129. The maximum Gasteiger partial charge on any atom is 0.143 e. The summed E-state index contributed by atoms with van der Waals surface area (Å²) in [6, 6.07) is 15.9. The second kappa shape index (κ2) is 6.54. The van der Waals surface area contributed by atoms with Gasteiger partial charge in [0.2, 0.25) is 0 Å². The smallest absolute Gasteiger partial charge is 0.143 e. The van der Waals surface area contributed by atoms with Crippen LogP contribution in [0.4, 0.5) is 4.39 Å². The van der Waals surface area contributed by atoms with Crippen LogP contribution >= 0.6 is 0 Å². The van der Waals surface area contributed by atoms with E-state index in [2.05, 4.69) is 5.16 Å². The van der Waals surface area contributed by atoms with Gasteiger partial charge in [0.05, 0.1) is 0 Å². The molecule has 19 heavy (non-hydrogen) atoms. The van der Waals surface area contributed by atoms with Crippen molar-refractivity contribution in [1.82, 2.24) is 0 Å². The third-order valence-corrected chi connectivity index (χ3v) is 2.53. The Morgan fingerprint density at radius 3 is 2.53 bits per heavy atom. The first-order valence-electron chi connectivity index (χ1n) is 5.97. The van der Waals surface area contributed by atoms with Crippen LogP contribution < -0.4 is 5.73 Å². The first-order valence-corrected chi connectivity index (χ1v) is 5.97. The first-order chi connectivity index (χ1) is 9.24. The van der Waals surface area contributed by atoms with Gasteiger partial charge in [-0.15, -0.1) is 0 Å². The van der Waals surface area contributed by atoms with Crippen LogP contribution in [0.2, 0.25) is 0 Å². The molecule has 98 valence electrons. The fraction of sp³-hybridized carbons (Fsp3) is 0.133. The predicted octanol–water partition coefficient (Wildman–Crippen LogP) is 2.86. The summed E-state index contributed by atoms with van der Waals surface area (Å²) in [5, 5.41) is 3.82. The molecule has 2 N–H and O–H groups in total. The van der Waals surface area contributed by atoms with Crippen molar-refractivity contribution in [3.63, 3.8) is 0 Å². The van der Waals surface area contributed by atoms with Crippen LogP contribution in [0.5, 0.6) is 0 Å². The van der Waals surface area contributed by atoms with Gasteiger partial charge in [-0.2, -0.15) is 0 Å². The highest BCUT2D eigenvalue weighted by Crippen LogP contribution is 2.05. The van der Waals surface area contributed by atoms with Gasteiger partial charge >= 0.3 is 0 Å². The van der Waals surface area contributed by atoms with Crippen molar-refractivity contribution in [2.24, 2.45) is 10.9 Å². The zero-order chi connectivity index (χ0) is 13.5. The molecule has 0 amide bonds. The number of oxime groups is 1. The van der Waals surface area contributed by atoms with E-state index in [0.717, 1.165) is 11.1 Å². The average molecular weight is 258 g/mol. The number of nitrogens with two attached hydrogens (primary N) is 1. The number of nitrogens with zero attached hydrogens (tertiary/aromatic N) is 1. The van der Waals surface area contributed by atoms with Crippen LogP contribution in [0.25, 0.3) is 0 Å². The fourth-order valence-electron chi connectivity index (χ4n) is 1.65. The minimum atomic E-state index is -0.290. The van der Waals surface area contributed by atoms with Crippen molar-refractivity contribution in [3.8, 4) is 0 Å². The summed E-state index contributed by atoms with van der Waals surface area (Å²) in [6.07, 6.45) is 0.532. The lowest BCUT2D eigenvalue weighted by Gasteiger charge is -2.03. The van der Waals surface area contributed by atoms with Crippen molar-refractivity contribution in [2.75, 3.05) is 0 Å². The van der Waals surface area contributed by atoms with Gasteiger partial charge in [0.25, 0.3) is 0 Å². The van der Waals surface area contributed by atoms with Gasteiger partial charge in [0.15, 0.2) is 0 Å². The molecule has 0 aliphatic carbocycles. The third-order valence-electron chi connectivity index (χ3n) is 2.53. The van der Waals surface area contributed by atoms with Crippen molar-refractivity contribution in [1.29, 1.82) is 0 Å². The molecule has 0 heterocycles. The fourth-order valence-corrected chi connectivity index (χ4v) is 1.65. The molecule has 0 saturated carbocycles. The number of hydrogen-bond donors (Lipinski definition) is 1. The SMILES string of the molecule is NC(Cc1ccccc1)=NOCc1cccc(F)c1. The molecule has 4 heteroatoms. The second-order valence-corrected chi connectivity index (χ2v) is 4.15. The molecule has 0 atom stereocenters. The van der Waals surface area contributed by atoms with E-state index >= 15 is 0 Å². The van der Waals surface area contributed by atoms with Crippen molar-refractivity contribution in [3.05, 3.63) is 71.5 Å². The molecule has 2 rings (SSSR count). The van der Waals surface area contributed by atoms with Crippen LogP contribution in [0.1, 0.15) is 11.1 Å². The van der Waals surface area contributed by atoms with E-state index in [1.807, 2.05) is 30.3 Å².